The van der Waals surface area contributed by atoms with Crippen LogP contribution in [0.4, 0.5) is 0 Å². The van der Waals surface area contributed by atoms with Crippen LogP contribution in [-0.4, -0.2) is 520 Å². The van der Waals surface area contributed by atoms with E-state index in [1.807, 2.05) is 0 Å². The summed E-state index contributed by atoms with van der Waals surface area (Å²) in [6.07, 6.45) is -88.5. The van der Waals surface area contributed by atoms with E-state index in [1.54, 1.807) is 0 Å². The van der Waals surface area contributed by atoms with Gasteiger partial charge in [0.05, 0.1) is 83.3 Å². The first-order valence-corrected chi connectivity index (χ1v) is 40.7. The molecule has 57 nitrogen and oxygen atoms in total. The molecule has 0 aromatic heterocycles. The molecule has 0 aliphatic carbocycles. The molecule has 6 amide bonds. The summed E-state index contributed by atoms with van der Waals surface area (Å²) in [5, 5.41) is 306. The topological polar surface area (TPSA) is 892 Å². The third-order valence-corrected chi connectivity index (χ3v) is 23.1. The van der Waals surface area contributed by atoms with E-state index in [2.05, 4.69) is 31.9 Å². The van der Waals surface area contributed by atoms with Crippen LogP contribution >= 0.6 is 0 Å². The summed E-state index contributed by atoms with van der Waals surface area (Å²) in [7, 11) is 0. The minimum Gasteiger partial charge on any atom is -0.477 e. The number of carbonyl (C=O) groups excluding carboxylic acids is 6. The number of carboxylic acid groups (broad SMARTS) is 2. The lowest BCUT2D eigenvalue weighted by Gasteiger charge is -2.52. The van der Waals surface area contributed by atoms with Crippen molar-refractivity contribution in [2.75, 3.05) is 52.9 Å². The summed E-state index contributed by atoms with van der Waals surface area (Å²) in [6, 6.07) is -11.6. The van der Waals surface area contributed by atoms with Crippen molar-refractivity contribution in [2.45, 2.75) is 348 Å². The van der Waals surface area contributed by atoms with Crippen LogP contribution in [0.5, 0.6) is 0 Å². The molecule has 1 unspecified atom stereocenters. The predicted molar refractivity (Wildman–Crippen MR) is 400 cm³/mol. The average Bonchev–Trinajstić information content (AvgIpc) is 0.764. The van der Waals surface area contributed by atoms with Gasteiger partial charge in [0.25, 0.3) is 11.6 Å². The van der Waals surface area contributed by atoms with Crippen LogP contribution in [0.3, 0.4) is 0 Å². The van der Waals surface area contributed by atoms with Crippen LogP contribution in [0.1, 0.15) is 61.3 Å². The zero-order chi connectivity index (χ0) is 95.9. The number of hydrogen-bond acceptors (Lipinski definition) is 49. The zero-order valence-corrected chi connectivity index (χ0v) is 69.9. The first kappa shape index (κ1) is 107. The highest BCUT2D eigenvalue weighted by atomic mass is 16.8. The highest BCUT2D eigenvalue weighted by molar-refractivity contribution is 5.78. The molecule has 9 aliphatic rings. The monoisotopic (exact) mass is 1880 g/mol. The van der Waals surface area contributed by atoms with Gasteiger partial charge in [0.15, 0.2) is 44.0 Å². The van der Waals surface area contributed by atoms with Crippen molar-refractivity contribution in [3.63, 3.8) is 0 Å². The maximum atomic E-state index is 13.6. The second-order valence-electron chi connectivity index (χ2n) is 32.5. The van der Waals surface area contributed by atoms with Crippen molar-refractivity contribution in [1.82, 2.24) is 31.9 Å². The molecule has 0 spiro atoms. The van der Waals surface area contributed by atoms with E-state index in [9.17, 15) is 171 Å². The number of ether oxygens (including phenoxy) is 17. The summed E-state index contributed by atoms with van der Waals surface area (Å²) in [6.45, 7) is -3.41. The minimum absolute atomic E-state index is 0.847. The van der Waals surface area contributed by atoms with Crippen molar-refractivity contribution < 1.29 is 252 Å². The number of aliphatic carboxylic acids is 2. The molecule has 9 saturated heterocycles. The number of carboxylic acids is 2. The Morgan fingerprint density at radius 1 is 0.326 bits per heavy atom. The van der Waals surface area contributed by atoms with E-state index in [0.29, 0.717) is 0 Å². The molecule has 9 aliphatic heterocycles. The number of carbonyl (C=O) groups is 8. The number of aliphatic hydroxyl groups is 24. The first-order valence-electron chi connectivity index (χ1n) is 40.7. The number of nitrogens with one attached hydrogen (secondary N) is 6. The number of aliphatic hydroxyl groups excluding tert-OH is 24. The van der Waals surface area contributed by atoms with Crippen LogP contribution in [-0.2, 0) is 119 Å². The fraction of sp³-hybridized carbons (Fsp3) is 0.889. The van der Waals surface area contributed by atoms with Crippen molar-refractivity contribution >= 4 is 47.4 Å². The summed E-state index contributed by atoms with van der Waals surface area (Å²) in [4.78, 5) is 104. The van der Waals surface area contributed by atoms with E-state index >= 15 is 0 Å². The van der Waals surface area contributed by atoms with Crippen molar-refractivity contribution in [2.24, 2.45) is 0 Å². The van der Waals surface area contributed by atoms with Crippen molar-refractivity contribution in [1.29, 1.82) is 0 Å². The summed E-state index contributed by atoms with van der Waals surface area (Å²) < 4.78 is 102. The normalized spacial score (nSPS) is 44.9. The molecule has 32 N–H and O–H groups in total. The fourth-order valence-electron chi connectivity index (χ4n) is 16.5. The lowest BCUT2D eigenvalue weighted by Crippen LogP contribution is -2.72. The van der Waals surface area contributed by atoms with Gasteiger partial charge in [-0.3, -0.25) is 28.8 Å². The van der Waals surface area contributed by atoms with E-state index in [0.717, 1.165) is 41.5 Å². The molecule has 9 rings (SSSR count). The van der Waals surface area contributed by atoms with Crippen LogP contribution < -0.4 is 31.9 Å². The maximum Gasteiger partial charge on any atom is 0.364 e. The Bertz CT molecular complexity index is 3700. The van der Waals surface area contributed by atoms with Gasteiger partial charge in [-0.15, -0.1) is 0 Å². The molecule has 0 aromatic rings. The molecule has 9 heterocycles. The van der Waals surface area contributed by atoms with Crippen LogP contribution in [0.25, 0.3) is 0 Å². The second-order valence-corrected chi connectivity index (χ2v) is 32.5. The van der Waals surface area contributed by atoms with Gasteiger partial charge in [0, 0.05) is 54.4 Å². The summed E-state index contributed by atoms with van der Waals surface area (Å²) in [5.74, 6) is -16.5. The second kappa shape index (κ2) is 45.6. The lowest BCUT2D eigenvalue weighted by atomic mass is 9.88. The Kier molecular flexibility index (Phi) is 37.8. The molecule has 0 saturated carbocycles. The average molecular weight is 1880 g/mol. The number of hydrogen-bond donors (Lipinski definition) is 32. The van der Waals surface area contributed by atoms with Crippen molar-refractivity contribution in [3.05, 3.63) is 0 Å². The molecular weight excluding hydrogens is 1760 g/mol. The van der Waals surface area contributed by atoms with E-state index in [-0.39, 0.29) is 0 Å². The number of rotatable bonds is 36. The van der Waals surface area contributed by atoms with Crippen LogP contribution in [0.15, 0.2) is 0 Å². The van der Waals surface area contributed by atoms with Gasteiger partial charge in [0.2, 0.25) is 35.4 Å². The van der Waals surface area contributed by atoms with Gasteiger partial charge in [0.1, 0.15) is 201 Å². The Morgan fingerprint density at radius 3 is 1.07 bits per heavy atom. The molecule has 0 radical (unpaired) electrons. The number of amides is 6. The Morgan fingerprint density at radius 2 is 0.651 bits per heavy atom. The van der Waals surface area contributed by atoms with Gasteiger partial charge < -0.3 is 245 Å². The van der Waals surface area contributed by atoms with Gasteiger partial charge in [-0.05, 0) is 6.92 Å². The lowest BCUT2D eigenvalue weighted by molar-refractivity contribution is -0.402. The molecule has 0 aromatic carbocycles. The van der Waals surface area contributed by atoms with Crippen LogP contribution in [0.2, 0.25) is 0 Å². The van der Waals surface area contributed by atoms with Crippen molar-refractivity contribution in [3.8, 4) is 0 Å². The molecule has 9 fully saturated rings. The largest absolute Gasteiger partial charge is 0.477 e. The van der Waals surface area contributed by atoms with Gasteiger partial charge in [-0.2, -0.15) is 0 Å². The molecule has 0 bridgehead atoms. The van der Waals surface area contributed by atoms with E-state index in [4.69, 9.17) is 80.5 Å². The maximum absolute atomic E-state index is 13.6. The summed E-state index contributed by atoms with van der Waals surface area (Å²) >= 11 is 0. The Hall–Kier alpha value is -5.88. The predicted octanol–water partition coefficient (Wildman–Crippen LogP) is -20.3. The van der Waals surface area contributed by atoms with Crippen LogP contribution in [0, 0.1) is 0 Å². The molecule has 129 heavy (non-hydrogen) atoms. The highest BCUT2D eigenvalue weighted by Crippen LogP contribution is 2.43. The molecule has 57 heteroatoms. The SMILES string of the molecule is CC(=O)N[C@H]1[C@H](O[C@H]2[C@@H](O)[C@@H](CO[C@]3(C(=O)O)C[C@H](O)[C@@H](NC(C)=O)[C@H]([C@H](O)[C@H](O)CO)O3)OC(O)[C@H]2NC(C)=O)O[C@H](CO)[C@@H](O[C@@H]2O[C@H](CO[C@]3(C(=O)O)C[C@H](O)[C@@H](NC(C)=O)[C@H]([C@H](O)[C@H](O)CO)O3)[C@H](O)[C@H](O[C@@H]3O[C@H](CO)[C@@H](O[C@@H]4O[C@H](CO)[C@H](O)[C@H](O[C@H]5O[C@H](CO)[C@H](O)[C@H](O)[C@H]5NC(C)=O)[C@H]4O[C@@H]4O[C@@H](C)[C@@H](O)[C@@H](O)[C@@H]4O)[C@H](O)[C@H]3NC(C)=O)[C@H]2O)[C@@H]1O. The molecule has 742 valence electrons. The van der Waals surface area contributed by atoms with E-state index in [1.165, 1.54) is 6.92 Å². The Labute approximate surface area is 730 Å². The third kappa shape index (κ3) is 24.1. The third-order valence-electron chi connectivity index (χ3n) is 23.1. The highest BCUT2D eigenvalue weighted by Gasteiger charge is 2.64. The van der Waals surface area contributed by atoms with Gasteiger partial charge in [-0.1, -0.05) is 0 Å². The zero-order valence-electron chi connectivity index (χ0n) is 69.9. The van der Waals surface area contributed by atoms with Gasteiger partial charge in [-0.25, -0.2) is 9.59 Å². The smallest absolute Gasteiger partial charge is 0.364 e. The Balaban J connectivity index is 1.07. The minimum atomic E-state index is -3.31. The standard InChI is InChI=1S/C72H118N6O51/c1-18-41(95)51(105)52(106)66(115-18)127-61-60(126-63-37(75-21(4)87)48(102)44(98)29(12-81)117-63)45(99)30(13-82)118-68(61)123-55-32(15-84)120-65(39(50(55)104)77-23(6)89)125-59-47(101)34(17-114-72(70(111)112)9-26(92)36(74-20(3)86)58(129-72)43(97)28(94)11-80)121-67(53(59)107)122-54-31(14-83)119-64(38(49(54)103)76-22(5)88)124-56-40(78-24(7)90)62(108)116-33(46(56)100)16-113-71(69(109)110)8-25(91)35(73-19(2)85)57(128-71)42(96)27(93)10-79/h18,25-68,79-84,91-108H,8-17H2,1-7H3,(H,73,85)(H,74,86)(H,75,87)(H,76,88)(H,77,89)(H,78,90)(H,109,110)(H,111,112)/t18-,25-,26-,27+,28+,29+,30+,31+,32+,33+,34+,35+,36+,37+,38+,39+,40-,41+,42+,43+,44-,45-,46-,47-,48+,49+,50+,51+,52-,53+,54+,55+,56+,57+,58+,59-,60-,61+,62?,63+,64-,65-,66-,67-,68-,71+,72+/m0/s1. The quantitative estimate of drug-likeness (QED) is 0.0277. The van der Waals surface area contributed by atoms with E-state index < -0.39 is 400 Å². The molecule has 47 atom stereocenters. The summed E-state index contributed by atoms with van der Waals surface area (Å²) in [5.41, 5.74) is 0. The fourth-order valence-corrected chi connectivity index (χ4v) is 16.5. The molecular formula is C72H118N6O51. The first-order chi connectivity index (χ1) is 60.6. The van der Waals surface area contributed by atoms with Gasteiger partial charge >= 0.3 is 11.9 Å².